The maximum absolute atomic E-state index is 11.4. The van der Waals surface area contributed by atoms with E-state index in [-0.39, 0.29) is 0 Å². The van der Waals surface area contributed by atoms with Crippen LogP contribution in [0.15, 0.2) is 0 Å². The Labute approximate surface area is 93.7 Å². The lowest BCUT2D eigenvalue weighted by Gasteiger charge is -2.32. The summed E-state index contributed by atoms with van der Waals surface area (Å²) in [4.78, 5) is 13.6. The van der Waals surface area contributed by atoms with Gasteiger partial charge in [-0.15, -0.1) is 0 Å². The summed E-state index contributed by atoms with van der Waals surface area (Å²) in [5.41, 5.74) is 0. The van der Waals surface area contributed by atoms with Crippen LogP contribution >= 0.6 is 0 Å². The lowest BCUT2D eigenvalue weighted by Crippen LogP contribution is -2.39. The van der Waals surface area contributed by atoms with E-state index in [1.807, 2.05) is 0 Å². The molecule has 0 N–H and O–H groups in total. The molecule has 1 saturated carbocycles. The average molecular weight is 229 g/mol. The van der Waals surface area contributed by atoms with Crippen molar-refractivity contribution in [2.24, 2.45) is 0 Å². The van der Waals surface area contributed by atoms with E-state index < -0.39 is 10.8 Å². The zero-order chi connectivity index (χ0) is 10.7. The van der Waals surface area contributed by atoms with E-state index in [4.69, 9.17) is 0 Å². The summed E-state index contributed by atoms with van der Waals surface area (Å²) in [5, 5.41) is 0. The van der Waals surface area contributed by atoms with Gasteiger partial charge in [-0.2, -0.15) is 0 Å². The highest BCUT2D eigenvalue weighted by molar-refractivity contribution is 7.85. The van der Waals surface area contributed by atoms with Crippen molar-refractivity contribution in [3.63, 3.8) is 0 Å². The van der Waals surface area contributed by atoms with Crippen molar-refractivity contribution in [2.75, 3.05) is 24.6 Å². The van der Waals surface area contributed by atoms with Crippen molar-refractivity contribution in [1.29, 1.82) is 0 Å². The second kappa shape index (κ2) is 5.21. The zero-order valence-corrected chi connectivity index (χ0v) is 9.93. The number of Topliss-reactive ketones (excluding diaryl/α,β-unsaturated/α-hetero) is 1. The van der Waals surface area contributed by atoms with Crippen LogP contribution in [0, 0.1) is 0 Å². The summed E-state index contributed by atoms with van der Waals surface area (Å²) in [6.07, 6.45) is 4.60. The third kappa shape index (κ3) is 3.11. The Morgan fingerprint density at radius 2 is 1.87 bits per heavy atom. The van der Waals surface area contributed by atoms with Gasteiger partial charge in [0.1, 0.15) is 5.78 Å². The Hall–Kier alpha value is -0.220. The normalized spacial score (nSPS) is 31.5. The first kappa shape index (κ1) is 11.3. The molecule has 1 atom stereocenters. The fourth-order valence-corrected chi connectivity index (χ4v) is 3.61. The van der Waals surface area contributed by atoms with Gasteiger partial charge in [-0.1, -0.05) is 0 Å². The van der Waals surface area contributed by atoms with Crippen molar-refractivity contribution < 1.29 is 9.00 Å². The molecule has 1 aliphatic heterocycles. The molecule has 86 valence electrons. The first-order valence-electron chi connectivity index (χ1n) is 5.86. The Bertz CT molecular complexity index is 257. The van der Waals surface area contributed by atoms with E-state index in [1.54, 1.807) is 0 Å². The first-order valence-corrected chi connectivity index (χ1v) is 7.35. The number of hydrogen-bond acceptors (Lipinski definition) is 3. The van der Waals surface area contributed by atoms with Gasteiger partial charge in [0.05, 0.1) is 0 Å². The lowest BCUT2D eigenvalue weighted by atomic mass is 9.93. The van der Waals surface area contributed by atoms with Crippen LogP contribution in [-0.4, -0.2) is 45.5 Å². The Balaban J connectivity index is 1.87. The predicted molar refractivity (Wildman–Crippen MR) is 61.3 cm³/mol. The molecule has 0 spiro atoms. The monoisotopic (exact) mass is 229 g/mol. The van der Waals surface area contributed by atoms with Gasteiger partial charge in [0, 0.05) is 47.7 Å². The van der Waals surface area contributed by atoms with E-state index in [9.17, 15) is 9.00 Å². The van der Waals surface area contributed by atoms with Crippen LogP contribution in [0.2, 0.25) is 0 Å². The van der Waals surface area contributed by atoms with Gasteiger partial charge in [-0.25, -0.2) is 0 Å². The number of hydrogen-bond donors (Lipinski definition) is 0. The van der Waals surface area contributed by atoms with Crippen molar-refractivity contribution in [3.8, 4) is 0 Å². The maximum atomic E-state index is 11.4. The molecule has 2 rings (SSSR count). The summed E-state index contributed by atoms with van der Waals surface area (Å²) >= 11 is 0. The Morgan fingerprint density at radius 3 is 2.60 bits per heavy atom. The minimum absolute atomic E-state index is 0.421. The lowest BCUT2D eigenvalue weighted by molar-refractivity contribution is -0.121. The molecule has 2 aliphatic rings. The molecule has 0 aromatic rings. The topological polar surface area (TPSA) is 37.4 Å². The standard InChI is InChI=1S/C11H19NO2S/c13-11-4-2-10(3-5-11)12-6-1-8-15(14)9-7-12/h10H,1-9H2. The Kier molecular flexibility index (Phi) is 3.92. The minimum atomic E-state index is -0.598. The molecule has 3 nitrogen and oxygen atoms in total. The summed E-state index contributed by atoms with van der Waals surface area (Å²) in [5.74, 6) is 2.11. The number of ketones is 1. The molecule has 0 aromatic carbocycles. The van der Waals surface area contributed by atoms with Gasteiger partial charge in [0.2, 0.25) is 0 Å². The summed E-state index contributed by atoms with van der Waals surface area (Å²) < 4.78 is 11.4. The summed E-state index contributed by atoms with van der Waals surface area (Å²) in [6.45, 7) is 2.04. The van der Waals surface area contributed by atoms with Gasteiger partial charge >= 0.3 is 0 Å². The van der Waals surface area contributed by atoms with Crippen LogP contribution in [0.1, 0.15) is 32.1 Å². The summed E-state index contributed by atoms with van der Waals surface area (Å²) in [6, 6.07) is 0.581. The molecule has 0 aromatic heterocycles. The van der Waals surface area contributed by atoms with E-state index in [2.05, 4.69) is 4.90 Å². The van der Waals surface area contributed by atoms with Gasteiger partial charge in [-0.3, -0.25) is 13.9 Å². The SMILES string of the molecule is O=C1CCC(N2CCCS(=O)CC2)CC1. The van der Waals surface area contributed by atoms with Crippen LogP contribution in [0.3, 0.4) is 0 Å². The zero-order valence-electron chi connectivity index (χ0n) is 9.11. The molecule has 0 amide bonds. The largest absolute Gasteiger partial charge is 0.300 e. The van der Waals surface area contributed by atoms with E-state index in [0.717, 1.165) is 56.7 Å². The van der Waals surface area contributed by atoms with Crippen LogP contribution in [0.5, 0.6) is 0 Å². The fourth-order valence-electron chi connectivity index (χ4n) is 2.52. The molecule has 1 saturated heterocycles. The quantitative estimate of drug-likeness (QED) is 0.672. The highest BCUT2D eigenvalue weighted by Crippen LogP contribution is 2.21. The minimum Gasteiger partial charge on any atom is -0.300 e. The molecule has 2 fully saturated rings. The molecule has 1 heterocycles. The smallest absolute Gasteiger partial charge is 0.133 e. The highest BCUT2D eigenvalue weighted by Gasteiger charge is 2.25. The van der Waals surface area contributed by atoms with E-state index in [0.29, 0.717) is 11.8 Å². The predicted octanol–water partition coefficient (Wildman–Crippen LogP) is 0.952. The molecule has 1 unspecified atom stereocenters. The number of rotatable bonds is 1. The summed E-state index contributed by atoms with van der Waals surface area (Å²) in [7, 11) is -0.598. The maximum Gasteiger partial charge on any atom is 0.133 e. The van der Waals surface area contributed by atoms with Crippen LogP contribution < -0.4 is 0 Å². The second-order valence-electron chi connectivity index (χ2n) is 4.51. The van der Waals surface area contributed by atoms with E-state index in [1.165, 1.54) is 0 Å². The average Bonchev–Trinajstić information content (AvgIpc) is 2.44. The van der Waals surface area contributed by atoms with Gasteiger partial charge < -0.3 is 0 Å². The van der Waals surface area contributed by atoms with Crippen LogP contribution in [0.4, 0.5) is 0 Å². The number of nitrogens with zero attached hydrogens (tertiary/aromatic N) is 1. The number of carbonyl (C=O) groups excluding carboxylic acids is 1. The molecule has 15 heavy (non-hydrogen) atoms. The Morgan fingerprint density at radius 1 is 1.13 bits per heavy atom. The third-order valence-corrected chi connectivity index (χ3v) is 4.83. The molecule has 4 heteroatoms. The van der Waals surface area contributed by atoms with Crippen molar-refractivity contribution >= 4 is 16.6 Å². The van der Waals surface area contributed by atoms with Gasteiger partial charge in [0.25, 0.3) is 0 Å². The van der Waals surface area contributed by atoms with Gasteiger partial charge in [0.15, 0.2) is 0 Å². The van der Waals surface area contributed by atoms with Crippen molar-refractivity contribution in [3.05, 3.63) is 0 Å². The first-order chi connectivity index (χ1) is 7.25. The third-order valence-electron chi connectivity index (χ3n) is 3.45. The highest BCUT2D eigenvalue weighted by atomic mass is 32.2. The molecular formula is C11H19NO2S. The molecule has 1 aliphatic carbocycles. The number of carbonyl (C=O) groups is 1. The molecule has 0 bridgehead atoms. The van der Waals surface area contributed by atoms with Crippen LogP contribution in [-0.2, 0) is 15.6 Å². The second-order valence-corrected chi connectivity index (χ2v) is 6.20. The molecule has 0 radical (unpaired) electrons. The van der Waals surface area contributed by atoms with Gasteiger partial charge in [-0.05, 0) is 25.8 Å². The fraction of sp³-hybridized carbons (Fsp3) is 0.909. The van der Waals surface area contributed by atoms with Crippen molar-refractivity contribution in [1.82, 2.24) is 4.90 Å². The van der Waals surface area contributed by atoms with Crippen LogP contribution in [0.25, 0.3) is 0 Å². The van der Waals surface area contributed by atoms with E-state index >= 15 is 0 Å². The molecular weight excluding hydrogens is 210 g/mol. The van der Waals surface area contributed by atoms with Crippen molar-refractivity contribution in [2.45, 2.75) is 38.1 Å².